The molecule has 0 aliphatic carbocycles. The van der Waals surface area contributed by atoms with Crippen LogP contribution >= 0.6 is 23.1 Å². The van der Waals surface area contributed by atoms with Gasteiger partial charge in [-0.2, -0.15) is 5.10 Å². The molecule has 3 rings (SSSR count). The number of rotatable bonds is 5. The van der Waals surface area contributed by atoms with Crippen molar-refractivity contribution in [3.8, 4) is 0 Å². The number of amides is 1. The fourth-order valence-corrected chi connectivity index (χ4v) is 4.64. The Hall–Kier alpha value is -1.86. The second-order valence-electron chi connectivity index (χ2n) is 5.42. The van der Waals surface area contributed by atoms with E-state index in [1.807, 2.05) is 45.4 Å². The Bertz CT molecular complexity index is 793. The third kappa shape index (κ3) is 3.73. The molecule has 2 aromatic heterocycles. The standard InChI is InChI=1S/C16H18N4OS2/c1-11(15(21)19(2)9-12-8-17-20(3)10-12)22-16-18-13-6-4-5-7-14(13)23-16/h4-8,10-11H,9H2,1-3H3/t11-/m1/s1. The van der Waals surface area contributed by atoms with Crippen LogP contribution < -0.4 is 0 Å². The van der Waals surface area contributed by atoms with E-state index in [4.69, 9.17) is 0 Å². The molecule has 0 unspecified atom stereocenters. The number of para-hydroxylation sites is 1. The molecule has 0 fully saturated rings. The first-order chi connectivity index (χ1) is 11.0. The maximum atomic E-state index is 12.5. The lowest BCUT2D eigenvalue weighted by molar-refractivity contribution is -0.129. The average Bonchev–Trinajstić information content (AvgIpc) is 3.11. The van der Waals surface area contributed by atoms with Crippen molar-refractivity contribution in [3.05, 3.63) is 42.2 Å². The van der Waals surface area contributed by atoms with Gasteiger partial charge < -0.3 is 4.90 Å². The number of thiazole rings is 1. The van der Waals surface area contributed by atoms with E-state index in [0.717, 1.165) is 20.1 Å². The normalized spacial score (nSPS) is 12.5. The van der Waals surface area contributed by atoms with Gasteiger partial charge in [0.2, 0.25) is 5.91 Å². The van der Waals surface area contributed by atoms with Gasteiger partial charge in [0, 0.05) is 32.4 Å². The van der Waals surface area contributed by atoms with E-state index in [9.17, 15) is 4.79 Å². The highest BCUT2D eigenvalue weighted by Gasteiger charge is 2.20. The van der Waals surface area contributed by atoms with E-state index in [1.165, 1.54) is 11.8 Å². The van der Waals surface area contributed by atoms with Crippen LogP contribution in [-0.4, -0.2) is 37.9 Å². The van der Waals surface area contributed by atoms with Crippen LogP contribution in [0.2, 0.25) is 0 Å². The van der Waals surface area contributed by atoms with Crippen LogP contribution in [0.15, 0.2) is 41.0 Å². The highest BCUT2D eigenvalue weighted by Crippen LogP contribution is 2.32. The summed E-state index contributed by atoms with van der Waals surface area (Å²) in [5.74, 6) is 0.0955. The molecule has 0 radical (unpaired) electrons. The number of aryl methyl sites for hydroxylation is 1. The largest absolute Gasteiger partial charge is 0.340 e. The van der Waals surface area contributed by atoms with Gasteiger partial charge in [-0.15, -0.1) is 11.3 Å². The quantitative estimate of drug-likeness (QED) is 0.666. The molecule has 0 aliphatic rings. The number of fused-ring (bicyclic) bond motifs is 1. The Labute approximate surface area is 143 Å². The Kier molecular flexibility index (Phi) is 4.68. The summed E-state index contributed by atoms with van der Waals surface area (Å²) in [5, 5.41) is 3.96. The predicted molar refractivity (Wildman–Crippen MR) is 94.6 cm³/mol. The summed E-state index contributed by atoms with van der Waals surface area (Å²) in [5.41, 5.74) is 2.02. The number of nitrogens with zero attached hydrogens (tertiary/aromatic N) is 4. The molecule has 0 bridgehead atoms. The summed E-state index contributed by atoms with van der Waals surface area (Å²) in [6.07, 6.45) is 3.71. The number of thioether (sulfide) groups is 1. The van der Waals surface area contributed by atoms with E-state index >= 15 is 0 Å². The van der Waals surface area contributed by atoms with Gasteiger partial charge in [-0.1, -0.05) is 23.9 Å². The van der Waals surface area contributed by atoms with Crippen molar-refractivity contribution < 1.29 is 4.79 Å². The first-order valence-corrected chi connectivity index (χ1v) is 8.97. The van der Waals surface area contributed by atoms with E-state index in [2.05, 4.69) is 16.1 Å². The smallest absolute Gasteiger partial charge is 0.235 e. The summed E-state index contributed by atoms with van der Waals surface area (Å²) in [6, 6.07) is 8.03. The lowest BCUT2D eigenvalue weighted by atomic mass is 10.3. The van der Waals surface area contributed by atoms with Crippen molar-refractivity contribution in [3.63, 3.8) is 0 Å². The molecule has 0 N–H and O–H groups in total. The Morgan fingerprint density at radius 1 is 1.43 bits per heavy atom. The second kappa shape index (κ2) is 6.72. The minimum absolute atomic E-state index is 0.0955. The maximum Gasteiger partial charge on any atom is 0.235 e. The summed E-state index contributed by atoms with van der Waals surface area (Å²) in [4.78, 5) is 18.8. The number of benzene rings is 1. The molecule has 7 heteroatoms. The van der Waals surface area contributed by atoms with Crippen LogP contribution in [0.3, 0.4) is 0 Å². The molecule has 1 amide bonds. The minimum Gasteiger partial charge on any atom is -0.340 e. The fraction of sp³-hybridized carbons (Fsp3) is 0.312. The summed E-state index contributed by atoms with van der Waals surface area (Å²) in [7, 11) is 3.70. The molecular formula is C16H18N4OS2. The van der Waals surface area contributed by atoms with E-state index < -0.39 is 0 Å². The summed E-state index contributed by atoms with van der Waals surface area (Å²) < 4.78 is 3.83. The molecule has 2 heterocycles. The zero-order valence-corrected chi connectivity index (χ0v) is 14.9. The molecule has 23 heavy (non-hydrogen) atoms. The van der Waals surface area contributed by atoms with Crippen LogP contribution in [0.4, 0.5) is 0 Å². The monoisotopic (exact) mass is 346 g/mol. The Morgan fingerprint density at radius 2 is 2.22 bits per heavy atom. The fourth-order valence-electron chi connectivity index (χ4n) is 2.32. The van der Waals surface area contributed by atoms with Crippen LogP contribution in [0.5, 0.6) is 0 Å². The molecule has 3 aromatic rings. The number of carbonyl (C=O) groups is 1. The van der Waals surface area contributed by atoms with Gasteiger partial charge >= 0.3 is 0 Å². The zero-order chi connectivity index (χ0) is 16.4. The SMILES string of the molecule is C[C@@H](Sc1nc2ccccc2s1)C(=O)N(C)Cc1cnn(C)c1. The van der Waals surface area contributed by atoms with Crippen molar-refractivity contribution in [2.24, 2.45) is 7.05 Å². The molecule has 120 valence electrons. The Balaban J connectivity index is 1.64. The minimum atomic E-state index is -0.169. The third-order valence-electron chi connectivity index (χ3n) is 3.45. The molecule has 0 saturated heterocycles. The molecule has 1 atom stereocenters. The Morgan fingerprint density at radius 3 is 2.91 bits per heavy atom. The third-order valence-corrected chi connectivity index (χ3v) is 5.67. The molecule has 0 spiro atoms. The van der Waals surface area contributed by atoms with E-state index in [-0.39, 0.29) is 11.2 Å². The van der Waals surface area contributed by atoms with Crippen LogP contribution in [0, 0.1) is 0 Å². The van der Waals surface area contributed by atoms with Gasteiger partial charge in [-0.05, 0) is 19.1 Å². The van der Waals surface area contributed by atoms with E-state index in [1.54, 1.807) is 27.1 Å². The van der Waals surface area contributed by atoms with Crippen LogP contribution in [-0.2, 0) is 18.4 Å². The molecule has 5 nitrogen and oxygen atoms in total. The van der Waals surface area contributed by atoms with Gasteiger partial charge in [0.25, 0.3) is 0 Å². The van der Waals surface area contributed by atoms with Gasteiger partial charge in [-0.25, -0.2) is 4.98 Å². The summed E-state index contributed by atoms with van der Waals surface area (Å²) >= 11 is 3.15. The average molecular weight is 346 g/mol. The first-order valence-electron chi connectivity index (χ1n) is 7.27. The number of aromatic nitrogens is 3. The topological polar surface area (TPSA) is 51.0 Å². The molecular weight excluding hydrogens is 328 g/mol. The highest BCUT2D eigenvalue weighted by atomic mass is 32.2. The van der Waals surface area contributed by atoms with Crippen molar-refractivity contribution >= 4 is 39.2 Å². The highest BCUT2D eigenvalue weighted by molar-refractivity contribution is 8.02. The lowest BCUT2D eigenvalue weighted by Crippen LogP contribution is -2.32. The predicted octanol–water partition coefficient (Wildman–Crippen LogP) is 3.17. The first kappa shape index (κ1) is 16.0. The maximum absolute atomic E-state index is 12.5. The molecule has 1 aromatic carbocycles. The van der Waals surface area contributed by atoms with E-state index in [0.29, 0.717) is 6.54 Å². The van der Waals surface area contributed by atoms with Gasteiger partial charge in [-0.3, -0.25) is 9.48 Å². The van der Waals surface area contributed by atoms with Gasteiger partial charge in [0.1, 0.15) is 0 Å². The zero-order valence-electron chi connectivity index (χ0n) is 13.3. The number of carbonyl (C=O) groups excluding carboxylic acids is 1. The van der Waals surface area contributed by atoms with Crippen LogP contribution in [0.25, 0.3) is 10.2 Å². The van der Waals surface area contributed by atoms with Crippen molar-refractivity contribution in [1.82, 2.24) is 19.7 Å². The number of hydrogen-bond acceptors (Lipinski definition) is 5. The lowest BCUT2D eigenvalue weighted by Gasteiger charge is -2.19. The van der Waals surface area contributed by atoms with Crippen molar-refractivity contribution in [2.45, 2.75) is 23.1 Å². The van der Waals surface area contributed by atoms with Gasteiger partial charge in [0.05, 0.1) is 21.7 Å². The van der Waals surface area contributed by atoms with Gasteiger partial charge in [0.15, 0.2) is 4.34 Å². The summed E-state index contributed by atoms with van der Waals surface area (Å²) in [6.45, 7) is 2.50. The molecule has 0 aliphatic heterocycles. The van der Waals surface area contributed by atoms with Crippen molar-refractivity contribution in [2.75, 3.05) is 7.05 Å². The van der Waals surface area contributed by atoms with Crippen molar-refractivity contribution in [1.29, 1.82) is 0 Å². The van der Waals surface area contributed by atoms with Crippen LogP contribution in [0.1, 0.15) is 12.5 Å². The molecule has 0 saturated carbocycles. The number of hydrogen-bond donors (Lipinski definition) is 0. The second-order valence-corrected chi connectivity index (χ2v) is 8.04.